The summed E-state index contributed by atoms with van der Waals surface area (Å²) in [7, 11) is 0. The Hall–Kier alpha value is -4.14. The highest BCUT2D eigenvalue weighted by Crippen LogP contribution is 2.39. The number of nitrogens with two attached hydrogens (primary N) is 1. The normalized spacial score (nSPS) is 13.7. The summed E-state index contributed by atoms with van der Waals surface area (Å²) < 4.78 is 3.81. The highest BCUT2D eigenvalue weighted by molar-refractivity contribution is 5.67. The number of aryl methyl sites for hydroxylation is 1. The van der Waals surface area contributed by atoms with Crippen LogP contribution in [0.4, 0.5) is 17.5 Å². The number of imidazole rings is 1. The monoisotopic (exact) mass is 425 g/mol. The van der Waals surface area contributed by atoms with Crippen molar-refractivity contribution < 1.29 is 0 Å². The number of rotatable bonds is 6. The number of para-hydroxylation sites is 1. The number of anilines is 3. The first-order valence-electron chi connectivity index (χ1n) is 10.7. The molecule has 4 heterocycles. The minimum Gasteiger partial charge on any atom is -0.398 e. The van der Waals surface area contributed by atoms with E-state index in [1.54, 1.807) is 0 Å². The van der Waals surface area contributed by atoms with E-state index in [-0.39, 0.29) is 0 Å². The summed E-state index contributed by atoms with van der Waals surface area (Å²) in [5, 5.41) is 15.4. The van der Waals surface area contributed by atoms with E-state index in [1.807, 2.05) is 64.9 Å². The maximum absolute atomic E-state index is 6.09. The first-order chi connectivity index (χ1) is 15.6. The van der Waals surface area contributed by atoms with E-state index < -0.39 is 0 Å². The largest absolute Gasteiger partial charge is 0.398 e. The van der Waals surface area contributed by atoms with Crippen molar-refractivity contribution in [3.8, 4) is 11.3 Å². The summed E-state index contributed by atoms with van der Waals surface area (Å²) in [6.45, 7) is 2.57. The van der Waals surface area contributed by atoms with Gasteiger partial charge in [0.2, 0.25) is 5.95 Å². The van der Waals surface area contributed by atoms with Crippen LogP contribution in [0.25, 0.3) is 16.9 Å². The number of hydrogen-bond acceptors (Lipinski definition) is 6. The molecule has 0 amide bonds. The Morgan fingerprint density at radius 1 is 1.16 bits per heavy atom. The lowest BCUT2D eigenvalue weighted by Gasteiger charge is -2.08. The molecule has 1 aliphatic rings. The zero-order chi connectivity index (χ0) is 21.7. The van der Waals surface area contributed by atoms with Crippen molar-refractivity contribution in [3.05, 3.63) is 71.9 Å². The number of aromatic nitrogens is 7. The first-order valence-corrected chi connectivity index (χ1v) is 10.7. The molecule has 5 aromatic rings. The molecule has 0 unspecified atom stereocenters. The number of nitrogens with zero attached hydrogens (tertiary/aromatic N) is 6. The molecule has 1 aromatic carbocycles. The van der Waals surface area contributed by atoms with E-state index in [4.69, 9.17) is 10.7 Å². The fraction of sp³-hybridized carbons (Fsp3) is 0.217. The zero-order valence-electron chi connectivity index (χ0n) is 17.7. The van der Waals surface area contributed by atoms with Gasteiger partial charge in [-0.2, -0.15) is 10.2 Å². The number of aromatic amines is 1. The zero-order valence-corrected chi connectivity index (χ0v) is 17.7. The number of benzene rings is 1. The Morgan fingerprint density at radius 3 is 2.88 bits per heavy atom. The molecule has 4 N–H and O–H groups in total. The number of H-pyrrole nitrogens is 1. The maximum Gasteiger partial charge on any atom is 0.215 e. The van der Waals surface area contributed by atoms with Crippen LogP contribution in [0, 0.1) is 6.92 Å². The molecule has 0 aliphatic heterocycles. The van der Waals surface area contributed by atoms with E-state index in [0.717, 1.165) is 39.7 Å². The highest BCUT2D eigenvalue weighted by atomic mass is 15.3. The Bertz CT molecular complexity index is 1420. The summed E-state index contributed by atoms with van der Waals surface area (Å²) in [6, 6.07) is 11.8. The number of hydrogen-bond donors (Lipinski definition) is 3. The van der Waals surface area contributed by atoms with Gasteiger partial charge >= 0.3 is 0 Å². The van der Waals surface area contributed by atoms with Gasteiger partial charge in [-0.05, 0) is 31.4 Å². The van der Waals surface area contributed by atoms with Crippen molar-refractivity contribution in [2.75, 3.05) is 11.1 Å². The molecule has 4 aromatic heterocycles. The predicted octanol–water partition coefficient (Wildman–Crippen LogP) is 3.88. The minimum atomic E-state index is 0.597. The molecule has 0 radical (unpaired) electrons. The molecule has 9 nitrogen and oxygen atoms in total. The highest BCUT2D eigenvalue weighted by Gasteiger charge is 2.25. The summed E-state index contributed by atoms with van der Waals surface area (Å²) in [5.74, 6) is 2.02. The van der Waals surface area contributed by atoms with Crippen molar-refractivity contribution >= 4 is 23.1 Å². The summed E-state index contributed by atoms with van der Waals surface area (Å²) in [6.07, 6.45) is 8.20. The molecule has 6 rings (SSSR count). The molecule has 0 atom stereocenters. The van der Waals surface area contributed by atoms with Gasteiger partial charge < -0.3 is 11.1 Å². The van der Waals surface area contributed by atoms with Gasteiger partial charge in [-0.25, -0.2) is 9.97 Å². The van der Waals surface area contributed by atoms with Gasteiger partial charge in [0, 0.05) is 47.4 Å². The average molecular weight is 426 g/mol. The third-order valence-electron chi connectivity index (χ3n) is 5.75. The molecule has 0 bridgehead atoms. The van der Waals surface area contributed by atoms with Crippen molar-refractivity contribution in [2.45, 2.75) is 32.2 Å². The van der Waals surface area contributed by atoms with Crippen molar-refractivity contribution in [1.29, 1.82) is 0 Å². The van der Waals surface area contributed by atoms with E-state index >= 15 is 0 Å². The van der Waals surface area contributed by atoms with Gasteiger partial charge in [-0.3, -0.25) is 14.2 Å². The lowest BCUT2D eigenvalue weighted by Crippen LogP contribution is -2.03. The number of fused-ring (bicyclic) bond motifs is 1. The van der Waals surface area contributed by atoms with Crippen molar-refractivity contribution in [2.24, 2.45) is 0 Å². The van der Waals surface area contributed by atoms with Crippen LogP contribution in [0.1, 0.15) is 35.7 Å². The Kier molecular flexibility index (Phi) is 4.20. The van der Waals surface area contributed by atoms with Crippen LogP contribution < -0.4 is 11.1 Å². The van der Waals surface area contributed by atoms with Crippen LogP contribution in [0.3, 0.4) is 0 Å². The summed E-state index contributed by atoms with van der Waals surface area (Å²) in [4.78, 5) is 9.51. The third kappa shape index (κ3) is 3.47. The second-order valence-corrected chi connectivity index (χ2v) is 8.31. The second-order valence-electron chi connectivity index (χ2n) is 8.31. The standard InChI is InChI=1S/C23H23N9/c1-14-11-32-22(26-14)9-19(27-23(32)28-21-8-20(29-30-21)15-6-7-15)17-10-25-31(13-17)12-16-4-2-3-5-18(16)24/h2-5,8-11,13,15H,6-7,12,24H2,1H3,(H2,27,28,29,30). The van der Waals surface area contributed by atoms with Crippen LogP contribution in [0.5, 0.6) is 0 Å². The van der Waals surface area contributed by atoms with E-state index in [0.29, 0.717) is 18.4 Å². The smallest absolute Gasteiger partial charge is 0.215 e. The molecule has 9 heteroatoms. The Labute approximate surface area is 184 Å². The van der Waals surface area contributed by atoms with Gasteiger partial charge in [0.05, 0.1) is 24.1 Å². The van der Waals surface area contributed by atoms with Crippen LogP contribution in [0.2, 0.25) is 0 Å². The van der Waals surface area contributed by atoms with E-state index in [2.05, 4.69) is 31.7 Å². The molecule has 0 saturated heterocycles. The molecular weight excluding hydrogens is 402 g/mol. The number of nitrogen functional groups attached to an aromatic ring is 1. The molecule has 160 valence electrons. The predicted molar refractivity (Wildman–Crippen MR) is 123 cm³/mol. The Balaban J connectivity index is 1.34. The first kappa shape index (κ1) is 18.6. The molecular formula is C23H23N9. The molecule has 1 fully saturated rings. The fourth-order valence-electron chi connectivity index (χ4n) is 3.90. The molecule has 1 aliphatic carbocycles. The topological polar surface area (TPSA) is 115 Å². The number of nitrogens with one attached hydrogen (secondary N) is 2. The van der Waals surface area contributed by atoms with Gasteiger partial charge in [-0.15, -0.1) is 0 Å². The third-order valence-corrected chi connectivity index (χ3v) is 5.75. The second kappa shape index (κ2) is 7.23. The minimum absolute atomic E-state index is 0.597. The lowest BCUT2D eigenvalue weighted by atomic mass is 10.2. The van der Waals surface area contributed by atoms with Gasteiger partial charge in [0.25, 0.3) is 0 Å². The lowest BCUT2D eigenvalue weighted by molar-refractivity contribution is 0.688. The quantitative estimate of drug-likeness (QED) is 0.356. The van der Waals surface area contributed by atoms with Gasteiger partial charge in [0.1, 0.15) is 5.65 Å². The fourth-order valence-corrected chi connectivity index (χ4v) is 3.90. The van der Waals surface area contributed by atoms with E-state index in [1.165, 1.54) is 18.5 Å². The molecule has 32 heavy (non-hydrogen) atoms. The van der Waals surface area contributed by atoms with Crippen molar-refractivity contribution in [1.82, 2.24) is 34.3 Å². The molecule has 0 spiro atoms. The summed E-state index contributed by atoms with van der Waals surface area (Å²) in [5.41, 5.74) is 12.5. The Morgan fingerprint density at radius 2 is 2.03 bits per heavy atom. The molecule has 1 saturated carbocycles. The van der Waals surface area contributed by atoms with Crippen LogP contribution in [-0.4, -0.2) is 34.3 Å². The average Bonchev–Trinajstić information content (AvgIpc) is 3.16. The van der Waals surface area contributed by atoms with E-state index in [9.17, 15) is 0 Å². The van der Waals surface area contributed by atoms with Crippen molar-refractivity contribution in [3.63, 3.8) is 0 Å². The van der Waals surface area contributed by atoms with Gasteiger partial charge in [0.15, 0.2) is 5.82 Å². The summed E-state index contributed by atoms with van der Waals surface area (Å²) >= 11 is 0. The maximum atomic E-state index is 6.09. The van der Waals surface area contributed by atoms with Gasteiger partial charge in [-0.1, -0.05) is 18.2 Å². The van der Waals surface area contributed by atoms with Crippen LogP contribution in [-0.2, 0) is 6.54 Å². The van der Waals surface area contributed by atoms with Crippen LogP contribution >= 0.6 is 0 Å². The van der Waals surface area contributed by atoms with Crippen LogP contribution in [0.15, 0.2) is 55.0 Å². The SMILES string of the molecule is Cc1cn2c(Nc3cc(C4CC4)[nH]n3)nc(-c3cnn(Cc4ccccc4N)c3)cc2n1.